The standard InChI is InChI=1S/C41H35N2/c1-41(2,3)40-38-28-34(42(30-16-8-4-9-17-30)31-18-10-5-11-19-31)24-26-36(38)37-27-25-35(29-39(37)40)43(32-20-12-6-13-21-32)33-22-14-7-15-23-33/h4-29H,1-3H3/q+1. The third kappa shape index (κ3) is 4.96. The molecule has 0 aliphatic heterocycles. The van der Waals surface area contributed by atoms with Crippen LogP contribution in [0.2, 0.25) is 0 Å². The molecule has 43 heavy (non-hydrogen) atoms. The molecule has 0 N–H and O–H groups in total. The molecule has 2 nitrogen and oxygen atoms in total. The van der Waals surface area contributed by atoms with Crippen LogP contribution in [0.15, 0.2) is 158 Å². The number of benzene rings is 6. The number of para-hydroxylation sites is 4. The molecule has 0 heterocycles. The first-order valence-corrected chi connectivity index (χ1v) is 15.0. The molecule has 0 atom stereocenters. The SMILES string of the molecule is CC(C)(C)[C+]1c2cc(N(c3ccccc3)c3ccccc3)ccc2-c2ccc(N(c3ccccc3)c3ccccc3)cc21. The first-order chi connectivity index (χ1) is 21.0. The minimum Gasteiger partial charge on any atom is -0.304 e. The van der Waals surface area contributed by atoms with Crippen molar-refractivity contribution in [2.24, 2.45) is 5.41 Å². The van der Waals surface area contributed by atoms with Crippen LogP contribution in [0, 0.1) is 11.3 Å². The fraction of sp³-hybridized carbons (Fsp3) is 0.0976. The topological polar surface area (TPSA) is 6.48 Å². The molecule has 0 saturated heterocycles. The lowest BCUT2D eigenvalue weighted by Crippen LogP contribution is -2.19. The van der Waals surface area contributed by atoms with Crippen LogP contribution in [0.1, 0.15) is 31.9 Å². The van der Waals surface area contributed by atoms with Gasteiger partial charge in [0.1, 0.15) is 0 Å². The highest BCUT2D eigenvalue weighted by Crippen LogP contribution is 2.54. The molecule has 0 amide bonds. The minimum atomic E-state index is -0.0636. The van der Waals surface area contributed by atoms with Gasteiger partial charge in [-0.15, -0.1) is 0 Å². The summed E-state index contributed by atoms with van der Waals surface area (Å²) in [4.78, 5) is 4.70. The highest BCUT2D eigenvalue weighted by atomic mass is 15.1. The lowest BCUT2D eigenvalue weighted by Gasteiger charge is -2.28. The van der Waals surface area contributed by atoms with Gasteiger partial charge >= 0.3 is 0 Å². The van der Waals surface area contributed by atoms with Gasteiger partial charge in [-0.05, 0) is 93.6 Å². The van der Waals surface area contributed by atoms with E-state index in [9.17, 15) is 0 Å². The quantitative estimate of drug-likeness (QED) is 0.189. The van der Waals surface area contributed by atoms with E-state index in [1.165, 1.54) is 28.2 Å². The van der Waals surface area contributed by atoms with E-state index in [4.69, 9.17) is 0 Å². The highest BCUT2D eigenvalue weighted by molar-refractivity contribution is 5.91. The minimum absolute atomic E-state index is 0.0636. The van der Waals surface area contributed by atoms with Gasteiger partial charge in [-0.3, -0.25) is 0 Å². The van der Waals surface area contributed by atoms with Crippen LogP contribution in [-0.4, -0.2) is 0 Å². The van der Waals surface area contributed by atoms with Crippen molar-refractivity contribution in [3.05, 3.63) is 175 Å². The molecule has 7 rings (SSSR count). The lowest BCUT2D eigenvalue weighted by molar-refractivity contribution is 0.467. The number of anilines is 6. The summed E-state index contributed by atoms with van der Waals surface area (Å²) in [6.07, 6.45) is 0. The lowest BCUT2D eigenvalue weighted by atomic mass is 9.75. The van der Waals surface area contributed by atoms with Gasteiger partial charge in [0.25, 0.3) is 0 Å². The summed E-state index contributed by atoms with van der Waals surface area (Å²) < 4.78 is 0. The van der Waals surface area contributed by atoms with Crippen LogP contribution in [0.4, 0.5) is 34.1 Å². The number of hydrogen-bond acceptors (Lipinski definition) is 2. The van der Waals surface area contributed by atoms with Gasteiger partial charge in [0.05, 0.1) is 39.5 Å². The van der Waals surface area contributed by atoms with Crippen LogP contribution in [-0.2, 0) is 0 Å². The van der Waals surface area contributed by atoms with Gasteiger partial charge < -0.3 is 9.80 Å². The second-order valence-electron chi connectivity index (χ2n) is 12.1. The summed E-state index contributed by atoms with van der Waals surface area (Å²) >= 11 is 0. The van der Waals surface area contributed by atoms with Gasteiger partial charge in [0, 0.05) is 40.3 Å². The van der Waals surface area contributed by atoms with Crippen LogP contribution < -0.4 is 9.80 Å². The first kappa shape index (κ1) is 26.7. The maximum Gasteiger partial charge on any atom is 0.0943 e. The van der Waals surface area contributed by atoms with Crippen LogP contribution in [0.3, 0.4) is 0 Å². The fourth-order valence-corrected chi connectivity index (χ4v) is 6.38. The Balaban J connectivity index is 1.37. The molecule has 1 aliphatic carbocycles. The van der Waals surface area contributed by atoms with Crippen LogP contribution >= 0.6 is 0 Å². The molecule has 0 saturated carbocycles. The molecule has 6 aromatic rings. The Kier molecular flexibility index (Phi) is 6.75. The van der Waals surface area contributed by atoms with Crippen LogP contribution in [0.5, 0.6) is 0 Å². The Morgan fingerprint density at radius 2 is 0.674 bits per heavy atom. The Morgan fingerprint density at radius 1 is 0.372 bits per heavy atom. The molecule has 0 spiro atoms. The molecule has 2 heteroatoms. The molecule has 208 valence electrons. The third-order valence-corrected chi connectivity index (χ3v) is 8.16. The Hall–Kier alpha value is -5.21. The van der Waals surface area contributed by atoms with Crippen molar-refractivity contribution >= 4 is 34.1 Å². The zero-order valence-corrected chi connectivity index (χ0v) is 24.9. The Bertz CT molecular complexity index is 1630. The highest BCUT2D eigenvalue weighted by Gasteiger charge is 2.44. The van der Waals surface area contributed by atoms with Crippen molar-refractivity contribution in [1.29, 1.82) is 0 Å². The van der Waals surface area contributed by atoms with E-state index in [0.29, 0.717) is 0 Å². The Labute approximate surface area is 255 Å². The van der Waals surface area contributed by atoms with Gasteiger partial charge in [-0.2, -0.15) is 0 Å². The molecule has 0 bridgehead atoms. The normalized spacial score (nSPS) is 12.0. The van der Waals surface area contributed by atoms with Crippen molar-refractivity contribution in [2.75, 3.05) is 9.80 Å². The van der Waals surface area contributed by atoms with E-state index >= 15 is 0 Å². The summed E-state index contributed by atoms with van der Waals surface area (Å²) in [7, 11) is 0. The molecule has 6 aromatic carbocycles. The van der Waals surface area contributed by atoms with Crippen molar-refractivity contribution in [3.8, 4) is 11.1 Å². The zero-order valence-electron chi connectivity index (χ0n) is 24.9. The predicted octanol–water partition coefficient (Wildman–Crippen LogP) is 11.6. The predicted molar refractivity (Wildman–Crippen MR) is 182 cm³/mol. The maximum absolute atomic E-state index is 2.39. The van der Waals surface area contributed by atoms with Gasteiger partial charge in [0.15, 0.2) is 0 Å². The second-order valence-corrected chi connectivity index (χ2v) is 12.1. The smallest absolute Gasteiger partial charge is 0.0943 e. The zero-order chi connectivity index (χ0) is 29.4. The molecule has 1 aliphatic rings. The second kappa shape index (κ2) is 10.9. The number of rotatable bonds is 6. The van der Waals surface area contributed by atoms with E-state index in [1.54, 1.807) is 0 Å². The summed E-state index contributed by atoms with van der Waals surface area (Å²) in [5.41, 5.74) is 12.0. The van der Waals surface area contributed by atoms with E-state index in [0.717, 1.165) is 34.1 Å². The van der Waals surface area contributed by atoms with Crippen molar-refractivity contribution in [2.45, 2.75) is 20.8 Å². The molecule has 0 unspecified atom stereocenters. The van der Waals surface area contributed by atoms with E-state index in [-0.39, 0.29) is 5.41 Å². The summed E-state index contributed by atoms with van der Waals surface area (Å²) in [5.74, 6) is 1.38. The van der Waals surface area contributed by atoms with Gasteiger partial charge in [0.2, 0.25) is 0 Å². The van der Waals surface area contributed by atoms with Gasteiger partial charge in [-0.1, -0.05) is 72.8 Å². The van der Waals surface area contributed by atoms with Crippen molar-refractivity contribution < 1.29 is 0 Å². The summed E-state index contributed by atoms with van der Waals surface area (Å²) in [6, 6.07) is 56.5. The van der Waals surface area contributed by atoms with E-state index in [1.807, 2.05) is 0 Å². The molecular weight excluding hydrogens is 520 g/mol. The summed E-state index contributed by atoms with van der Waals surface area (Å²) in [5, 5.41) is 0. The average molecular weight is 556 g/mol. The van der Waals surface area contributed by atoms with E-state index in [2.05, 4.69) is 188 Å². The molecular formula is C41H35N2+. The van der Waals surface area contributed by atoms with Gasteiger partial charge in [-0.25, -0.2) is 0 Å². The maximum atomic E-state index is 2.39. The Morgan fingerprint density at radius 3 is 0.953 bits per heavy atom. The molecule has 0 radical (unpaired) electrons. The number of nitrogens with zero attached hydrogens (tertiary/aromatic N) is 2. The molecule has 0 fully saturated rings. The third-order valence-electron chi connectivity index (χ3n) is 8.16. The first-order valence-electron chi connectivity index (χ1n) is 15.0. The molecule has 0 aromatic heterocycles. The van der Waals surface area contributed by atoms with Crippen LogP contribution in [0.25, 0.3) is 11.1 Å². The van der Waals surface area contributed by atoms with Crippen molar-refractivity contribution in [1.82, 2.24) is 0 Å². The van der Waals surface area contributed by atoms with E-state index < -0.39 is 0 Å². The fourth-order valence-electron chi connectivity index (χ4n) is 6.38. The average Bonchev–Trinajstić information content (AvgIpc) is 3.37. The van der Waals surface area contributed by atoms with Crippen molar-refractivity contribution in [3.63, 3.8) is 0 Å². The number of hydrogen-bond donors (Lipinski definition) is 0. The monoisotopic (exact) mass is 555 g/mol. The number of fused-ring (bicyclic) bond motifs is 3. The largest absolute Gasteiger partial charge is 0.304 e. The summed E-state index contributed by atoms with van der Waals surface area (Å²) in [6.45, 7) is 7.00.